The van der Waals surface area contributed by atoms with E-state index in [4.69, 9.17) is 4.74 Å². The van der Waals surface area contributed by atoms with Gasteiger partial charge < -0.3 is 9.47 Å². The monoisotopic (exact) mass is 330 g/mol. The molecule has 0 heterocycles. The molecule has 0 N–H and O–H groups in total. The number of rotatable bonds is 6. The Kier molecular flexibility index (Phi) is 4.50. The fraction of sp³-hybridized carbons (Fsp3) is 0.529. The van der Waals surface area contributed by atoms with E-state index >= 15 is 0 Å². The first-order chi connectivity index (χ1) is 10.9. The van der Waals surface area contributed by atoms with Gasteiger partial charge in [0.1, 0.15) is 0 Å². The highest BCUT2D eigenvalue weighted by atomic mass is 19.4. The van der Waals surface area contributed by atoms with Crippen LogP contribution in [0, 0.1) is 11.7 Å². The Hall–Kier alpha value is -1.72. The maximum atomic E-state index is 14.4. The van der Waals surface area contributed by atoms with E-state index in [1.54, 1.807) is 6.08 Å². The molecule has 0 bridgehead atoms. The molecule has 0 radical (unpaired) electrons. The molecule has 126 valence electrons. The Bertz CT molecular complexity index is 587. The second-order valence-corrected chi connectivity index (χ2v) is 6.05. The highest BCUT2D eigenvalue weighted by Crippen LogP contribution is 2.39. The molecule has 1 aromatic rings. The Morgan fingerprint density at radius 1 is 1.13 bits per heavy atom. The number of allylic oxidation sites excluding steroid dienone is 2. The Balaban J connectivity index is 1.78. The maximum absolute atomic E-state index is 14.4. The van der Waals surface area contributed by atoms with Gasteiger partial charge in [-0.05, 0) is 49.7 Å². The quantitative estimate of drug-likeness (QED) is 0.529. The minimum atomic E-state index is -4.96. The molecular weight excluding hydrogens is 312 g/mol. The molecule has 0 saturated heterocycles. The van der Waals surface area contributed by atoms with Gasteiger partial charge in [0, 0.05) is 0 Å². The minimum absolute atomic E-state index is 0.144. The summed E-state index contributed by atoms with van der Waals surface area (Å²) in [5.41, 5.74) is 0.169. The third-order valence-electron chi connectivity index (χ3n) is 4.07. The Morgan fingerprint density at radius 2 is 1.87 bits per heavy atom. The summed E-state index contributed by atoms with van der Waals surface area (Å²) in [6.07, 6.45) is 3.91. The van der Waals surface area contributed by atoms with E-state index in [-0.39, 0.29) is 23.8 Å². The van der Waals surface area contributed by atoms with Gasteiger partial charge in [-0.2, -0.15) is 0 Å². The van der Waals surface area contributed by atoms with Gasteiger partial charge in [0.05, 0.1) is 6.10 Å². The number of halogens is 4. The lowest BCUT2D eigenvalue weighted by Crippen LogP contribution is -2.19. The zero-order valence-electron chi connectivity index (χ0n) is 12.5. The number of hydrogen-bond donors (Lipinski definition) is 0. The van der Waals surface area contributed by atoms with Crippen LogP contribution in [-0.2, 0) is 6.42 Å². The molecule has 2 saturated carbocycles. The van der Waals surface area contributed by atoms with Crippen molar-refractivity contribution in [3.8, 4) is 11.5 Å². The predicted molar refractivity (Wildman–Crippen MR) is 76.9 cm³/mol. The van der Waals surface area contributed by atoms with Gasteiger partial charge >= 0.3 is 6.36 Å². The largest absolute Gasteiger partial charge is 0.573 e. The molecule has 2 aliphatic carbocycles. The van der Waals surface area contributed by atoms with Crippen LogP contribution in [0.1, 0.15) is 37.7 Å². The maximum Gasteiger partial charge on any atom is 0.573 e. The van der Waals surface area contributed by atoms with Gasteiger partial charge in [-0.25, -0.2) is 4.39 Å². The summed E-state index contributed by atoms with van der Waals surface area (Å²) in [4.78, 5) is 0. The normalized spacial score (nSPS) is 19.0. The summed E-state index contributed by atoms with van der Waals surface area (Å²) in [6.45, 7) is 0. The van der Waals surface area contributed by atoms with E-state index in [0.717, 1.165) is 25.7 Å². The molecule has 0 aliphatic heterocycles. The van der Waals surface area contributed by atoms with Gasteiger partial charge in [-0.3, -0.25) is 0 Å². The lowest BCUT2D eigenvalue weighted by Gasteiger charge is -2.21. The highest BCUT2D eigenvalue weighted by molar-refractivity contribution is 5.45. The van der Waals surface area contributed by atoms with Crippen LogP contribution in [0.4, 0.5) is 17.6 Å². The second-order valence-electron chi connectivity index (χ2n) is 6.05. The number of benzene rings is 1. The first-order valence-electron chi connectivity index (χ1n) is 7.83. The molecule has 3 rings (SSSR count). The van der Waals surface area contributed by atoms with E-state index in [0.29, 0.717) is 5.92 Å². The predicted octanol–water partition coefficient (Wildman–Crippen LogP) is 5.16. The summed E-state index contributed by atoms with van der Waals surface area (Å²) in [5.74, 6) is -1.53. The van der Waals surface area contributed by atoms with Crippen molar-refractivity contribution in [1.82, 2.24) is 0 Å². The highest BCUT2D eigenvalue weighted by Gasteiger charge is 2.36. The average Bonchev–Trinajstić information content (AvgIpc) is 3.21. The van der Waals surface area contributed by atoms with E-state index in [2.05, 4.69) is 4.74 Å². The van der Waals surface area contributed by atoms with E-state index in [9.17, 15) is 17.6 Å². The molecular formula is C17H18F4O2. The van der Waals surface area contributed by atoms with Crippen LogP contribution in [0.25, 0.3) is 0 Å². The van der Waals surface area contributed by atoms with Crippen molar-refractivity contribution in [2.24, 2.45) is 5.92 Å². The van der Waals surface area contributed by atoms with Crippen LogP contribution >= 0.6 is 0 Å². The van der Waals surface area contributed by atoms with Gasteiger partial charge in [-0.1, -0.05) is 24.6 Å². The van der Waals surface area contributed by atoms with Crippen LogP contribution in [0.15, 0.2) is 24.3 Å². The fourth-order valence-corrected chi connectivity index (χ4v) is 2.43. The zero-order valence-corrected chi connectivity index (χ0v) is 12.5. The van der Waals surface area contributed by atoms with Crippen LogP contribution in [-0.4, -0.2) is 12.5 Å². The van der Waals surface area contributed by atoms with Crippen molar-refractivity contribution in [3.63, 3.8) is 0 Å². The van der Waals surface area contributed by atoms with E-state index in [1.165, 1.54) is 18.6 Å². The number of ether oxygens (including phenoxy) is 2. The van der Waals surface area contributed by atoms with Crippen molar-refractivity contribution in [2.45, 2.75) is 51.0 Å². The van der Waals surface area contributed by atoms with E-state index < -0.39 is 17.9 Å². The minimum Gasteiger partial charge on any atom is -0.486 e. The molecule has 0 spiro atoms. The first kappa shape index (κ1) is 16.1. The Labute approximate surface area is 132 Å². The van der Waals surface area contributed by atoms with Crippen molar-refractivity contribution < 1.29 is 27.0 Å². The average molecular weight is 330 g/mol. The molecule has 1 aromatic carbocycles. The second kappa shape index (κ2) is 6.42. The molecule has 0 atom stereocenters. The van der Waals surface area contributed by atoms with Crippen LogP contribution in [0.5, 0.6) is 11.5 Å². The molecule has 6 heteroatoms. The third-order valence-corrected chi connectivity index (χ3v) is 4.07. The summed E-state index contributed by atoms with van der Waals surface area (Å²) in [7, 11) is 0. The summed E-state index contributed by atoms with van der Waals surface area (Å²) in [5, 5.41) is 0. The van der Waals surface area contributed by atoms with E-state index in [1.807, 2.05) is 6.08 Å². The molecule has 0 aromatic heterocycles. The van der Waals surface area contributed by atoms with Gasteiger partial charge in [0.2, 0.25) is 5.75 Å². The lowest BCUT2D eigenvalue weighted by molar-refractivity contribution is -0.276. The lowest BCUT2D eigenvalue weighted by atomic mass is 9.85. The summed E-state index contributed by atoms with van der Waals surface area (Å²) >= 11 is 0. The first-order valence-corrected chi connectivity index (χ1v) is 7.83. The molecule has 0 unspecified atom stereocenters. The van der Waals surface area contributed by atoms with Crippen molar-refractivity contribution >= 4 is 0 Å². The SMILES string of the molecule is Fc1c(C/C=C/C2CCC2)ccc(OC2CC2)c1OC(F)(F)F. The topological polar surface area (TPSA) is 18.5 Å². The van der Waals surface area contributed by atoms with Gasteiger partial charge in [-0.15, -0.1) is 13.2 Å². The molecule has 23 heavy (non-hydrogen) atoms. The van der Waals surface area contributed by atoms with Gasteiger partial charge in [0.15, 0.2) is 11.6 Å². The van der Waals surface area contributed by atoms with Crippen LogP contribution < -0.4 is 9.47 Å². The molecule has 2 nitrogen and oxygen atoms in total. The third kappa shape index (κ3) is 4.39. The number of alkyl halides is 3. The summed E-state index contributed by atoms with van der Waals surface area (Å²) in [6, 6.07) is 2.82. The Morgan fingerprint density at radius 3 is 2.43 bits per heavy atom. The zero-order chi connectivity index (χ0) is 16.4. The van der Waals surface area contributed by atoms with Crippen LogP contribution in [0.3, 0.4) is 0 Å². The fourth-order valence-electron chi connectivity index (χ4n) is 2.43. The molecule has 0 amide bonds. The molecule has 2 fully saturated rings. The number of hydrogen-bond acceptors (Lipinski definition) is 2. The standard InChI is InChI=1S/C17H18F4O2/c18-15-12(6-2-5-11-3-1-4-11)7-10-14(22-13-8-9-13)16(15)23-17(19,20)21/h2,5,7,10-11,13H,1,3-4,6,8-9H2/b5-2+. The molecule has 2 aliphatic rings. The van der Waals surface area contributed by atoms with Crippen molar-refractivity contribution in [1.29, 1.82) is 0 Å². The van der Waals surface area contributed by atoms with Crippen LogP contribution in [0.2, 0.25) is 0 Å². The summed E-state index contributed by atoms with van der Waals surface area (Å²) < 4.78 is 61.2. The van der Waals surface area contributed by atoms with Gasteiger partial charge in [0.25, 0.3) is 0 Å². The van der Waals surface area contributed by atoms with Crippen molar-refractivity contribution in [2.75, 3.05) is 0 Å². The van der Waals surface area contributed by atoms with Crippen molar-refractivity contribution in [3.05, 3.63) is 35.7 Å². The smallest absolute Gasteiger partial charge is 0.486 e.